The normalized spacial score (nSPS) is 18.6. The molecule has 1 aromatic rings. The van der Waals surface area contributed by atoms with Crippen LogP contribution in [0, 0.1) is 6.92 Å². The number of aryl methyl sites for hydroxylation is 1. The summed E-state index contributed by atoms with van der Waals surface area (Å²) in [4.78, 5) is 11.5. The van der Waals surface area contributed by atoms with Gasteiger partial charge in [0, 0.05) is 5.69 Å². The summed E-state index contributed by atoms with van der Waals surface area (Å²) in [6, 6.07) is 4.21. The molecule has 1 amide bonds. The fourth-order valence-corrected chi connectivity index (χ4v) is 2.54. The molecule has 0 bridgehead atoms. The van der Waals surface area contributed by atoms with E-state index in [1.165, 1.54) is 11.1 Å². The molecule has 88 valence electrons. The van der Waals surface area contributed by atoms with E-state index >= 15 is 0 Å². The maximum atomic E-state index is 11.5. The smallest absolute Gasteiger partial charge is 0.228 e. The maximum Gasteiger partial charge on any atom is 0.228 e. The standard InChI is InChI=1S/C14H15NO2/c1-9-2-3-11(10-4-6-17-7-5-10)12-8-13(16)15-14(9)12/h2-4H,5-8H2,1H3,(H,15,16). The number of benzene rings is 1. The van der Waals surface area contributed by atoms with E-state index < -0.39 is 0 Å². The molecule has 0 saturated heterocycles. The van der Waals surface area contributed by atoms with Gasteiger partial charge in [0.1, 0.15) is 0 Å². The van der Waals surface area contributed by atoms with E-state index in [2.05, 4.69) is 23.5 Å². The summed E-state index contributed by atoms with van der Waals surface area (Å²) >= 11 is 0. The highest BCUT2D eigenvalue weighted by Gasteiger charge is 2.24. The second-order valence-corrected chi connectivity index (χ2v) is 4.56. The molecule has 0 unspecified atom stereocenters. The first-order valence-corrected chi connectivity index (χ1v) is 5.95. The van der Waals surface area contributed by atoms with Crippen LogP contribution in [-0.4, -0.2) is 19.1 Å². The van der Waals surface area contributed by atoms with Crippen LogP contribution in [0.15, 0.2) is 18.2 Å². The summed E-state index contributed by atoms with van der Waals surface area (Å²) in [7, 11) is 0. The molecule has 0 atom stereocenters. The lowest BCUT2D eigenvalue weighted by Gasteiger charge is -2.17. The molecule has 3 rings (SSSR count). The minimum atomic E-state index is 0.100. The summed E-state index contributed by atoms with van der Waals surface area (Å²) in [5.74, 6) is 0.100. The van der Waals surface area contributed by atoms with E-state index in [0.717, 1.165) is 29.8 Å². The van der Waals surface area contributed by atoms with Gasteiger partial charge in [-0.05, 0) is 35.6 Å². The molecule has 1 N–H and O–H groups in total. The van der Waals surface area contributed by atoms with Gasteiger partial charge in [-0.2, -0.15) is 0 Å². The number of nitrogens with one attached hydrogen (secondary N) is 1. The lowest BCUT2D eigenvalue weighted by Crippen LogP contribution is -2.05. The minimum Gasteiger partial charge on any atom is -0.377 e. The lowest BCUT2D eigenvalue weighted by atomic mass is 9.93. The molecule has 3 heteroatoms. The third kappa shape index (κ3) is 1.76. The van der Waals surface area contributed by atoms with Crippen molar-refractivity contribution < 1.29 is 9.53 Å². The predicted molar refractivity (Wildman–Crippen MR) is 66.9 cm³/mol. The number of hydrogen-bond acceptors (Lipinski definition) is 2. The van der Waals surface area contributed by atoms with Gasteiger partial charge in [-0.1, -0.05) is 18.2 Å². The average molecular weight is 229 g/mol. The van der Waals surface area contributed by atoms with E-state index in [0.29, 0.717) is 13.0 Å². The molecule has 0 radical (unpaired) electrons. The Morgan fingerprint density at radius 2 is 2.24 bits per heavy atom. The molecule has 0 fully saturated rings. The van der Waals surface area contributed by atoms with E-state index in [1.807, 2.05) is 6.92 Å². The Morgan fingerprint density at radius 1 is 1.35 bits per heavy atom. The van der Waals surface area contributed by atoms with Crippen LogP contribution in [0.1, 0.15) is 23.1 Å². The van der Waals surface area contributed by atoms with Gasteiger partial charge in [-0.3, -0.25) is 4.79 Å². The molecule has 1 aromatic carbocycles. The van der Waals surface area contributed by atoms with E-state index in [-0.39, 0.29) is 5.91 Å². The highest BCUT2D eigenvalue weighted by Crippen LogP contribution is 2.35. The first-order chi connectivity index (χ1) is 8.25. The molecular formula is C14H15NO2. The van der Waals surface area contributed by atoms with Gasteiger partial charge in [0.05, 0.1) is 19.6 Å². The summed E-state index contributed by atoms with van der Waals surface area (Å²) in [6.45, 7) is 3.49. The van der Waals surface area contributed by atoms with Crippen molar-refractivity contribution in [1.29, 1.82) is 0 Å². The second kappa shape index (κ2) is 4.00. The molecule has 3 nitrogen and oxygen atoms in total. The van der Waals surface area contributed by atoms with Crippen molar-refractivity contribution in [3.8, 4) is 0 Å². The highest BCUT2D eigenvalue weighted by molar-refractivity contribution is 6.02. The monoisotopic (exact) mass is 229 g/mol. The van der Waals surface area contributed by atoms with Crippen molar-refractivity contribution in [2.45, 2.75) is 19.8 Å². The van der Waals surface area contributed by atoms with E-state index in [1.54, 1.807) is 0 Å². The third-order valence-electron chi connectivity index (χ3n) is 3.43. The van der Waals surface area contributed by atoms with Gasteiger partial charge in [0.2, 0.25) is 5.91 Å². The average Bonchev–Trinajstić information content (AvgIpc) is 2.73. The van der Waals surface area contributed by atoms with E-state index in [9.17, 15) is 4.79 Å². The maximum absolute atomic E-state index is 11.5. The SMILES string of the molecule is Cc1ccc(C2=CCOCC2)c2c1NC(=O)C2. The topological polar surface area (TPSA) is 38.3 Å². The Kier molecular flexibility index (Phi) is 2.48. The Hall–Kier alpha value is -1.61. The molecular weight excluding hydrogens is 214 g/mol. The number of carbonyl (C=O) groups excluding carboxylic acids is 1. The summed E-state index contributed by atoms with van der Waals surface area (Å²) in [5, 5.41) is 2.95. The Labute approximate surface area is 100 Å². The lowest BCUT2D eigenvalue weighted by molar-refractivity contribution is -0.115. The molecule has 2 aliphatic rings. The first kappa shape index (κ1) is 10.5. The van der Waals surface area contributed by atoms with Crippen molar-refractivity contribution in [2.24, 2.45) is 0 Å². The summed E-state index contributed by atoms with van der Waals surface area (Å²) in [5.41, 5.74) is 5.83. The van der Waals surface area contributed by atoms with Crippen LogP contribution in [0.4, 0.5) is 5.69 Å². The predicted octanol–water partition coefficient (Wildman–Crippen LogP) is 2.29. The first-order valence-electron chi connectivity index (χ1n) is 5.95. The molecule has 2 heterocycles. The Bertz CT molecular complexity index is 517. The van der Waals surface area contributed by atoms with Gasteiger partial charge < -0.3 is 10.1 Å². The molecule has 17 heavy (non-hydrogen) atoms. The van der Waals surface area contributed by atoms with Crippen LogP contribution in [-0.2, 0) is 16.0 Å². The summed E-state index contributed by atoms with van der Waals surface area (Å²) in [6.07, 6.45) is 3.56. The number of hydrogen-bond donors (Lipinski definition) is 1. The van der Waals surface area contributed by atoms with Gasteiger partial charge in [-0.15, -0.1) is 0 Å². The van der Waals surface area contributed by atoms with Gasteiger partial charge in [0.25, 0.3) is 0 Å². The Balaban J connectivity index is 2.10. The minimum absolute atomic E-state index is 0.100. The number of rotatable bonds is 1. The van der Waals surface area contributed by atoms with Crippen LogP contribution < -0.4 is 5.32 Å². The molecule has 0 saturated carbocycles. The van der Waals surface area contributed by atoms with Crippen molar-refractivity contribution in [3.63, 3.8) is 0 Å². The molecule has 0 aliphatic carbocycles. The van der Waals surface area contributed by atoms with Crippen LogP contribution in [0.3, 0.4) is 0 Å². The molecule has 0 aromatic heterocycles. The quantitative estimate of drug-likeness (QED) is 0.802. The molecule has 0 spiro atoms. The van der Waals surface area contributed by atoms with Crippen LogP contribution >= 0.6 is 0 Å². The van der Waals surface area contributed by atoms with Crippen LogP contribution in [0.2, 0.25) is 0 Å². The largest absolute Gasteiger partial charge is 0.377 e. The zero-order chi connectivity index (χ0) is 11.8. The Morgan fingerprint density at radius 3 is 3.00 bits per heavy atom. The summed E-state index contributed by atoms with van der Waals surface area (Å²) < 4.78 is 5.33. The highest BCUT2D eigenvalue weighted by atomic mass is 16.5. The van der Waals surface area contributed by atoms with Crippen molar-refractivity contribution in [1.82, 2.24) is 0 Å². The fourth-order valence-electron chi connectivity index (χ4n) is 2.54. The number of amides is 1. The van der Waals surface area contributed by atoms with Crippen LogP contribution in [0.25, 0.3) is 5.57 Å². The number of carbonyl (C=O) groups is 1. The van der Waals surface area contributed by atoms with Crippen molar-refractivity contribution in [2.75, 3.05) is 18.5 Å². The van der Waals surface area contributed by atoms with Crippen LogP contribution in [0.5, 0.6) is 0 Å². The van der Waals surface area contributed by atoms with Gasteiger partial charge >= 0.3 is 0 Å². The van der Waals surface area contributed by atoms with Crippen molar-refractivity contribution in [3.05, 3.63) is 34.9 Å². The van der Waals surface area contributed by atoms with Gasteiger partial charge in [0.15, 0.2) is 0 Å². The number of fused-ring (bicyclic) bond motifs is 1. The molecule has 2 aliphatic heterocycles. The van der Waals surface area contributed by atoms with Gasteiger partial charge in [-0.25, -0.2) is 0 Å². The van der Waals surface area contributed by atoms with E-state index in [4.69, 9.17) is 4.74 Å². The zero-order valence-corrected chi connectivity index (χ0v) is 9.88. The zero-order valence-electron chi connectivity index (χ0n) is 9.88. The second-order valence-electron chi connectivity index (χ2n) is 4.56. The third-order valence-corrected chi connectivity index (χ3v) is 3.43. The number of ether oxygens (including phenoxy) is 1. The van der Waals surface area contributed by atoms with Crippen molar-refractivity contribution >= 4 is 17.2 Å². The number of anilines is 1. The fraction of sp³-hybridized carbons (Fsp3) is 0.357.